The molecule has 2 aromatic rings. The zero-order chi connectivity index (χ0) is 11.4. The van der Waals surface area contributed by atoms with Gasteiger partial charge in [0.25, 0.3) is 0 Å². The highest BCUT2D eigenvalue weighted by molar-refractivity contribution is 5.12. The molecule has 0 aromatic carbocycles. The van der Waals surface area contributed by atoms with Gasteiger partial charge in [0.15, 0.2) is 5.82 Å². The Labute approximate surface area is 93.9 Å². The number of nitrogens with zero attached hydrogens (tertiary/aromatic N) is 3. The Balaban J connectivity index is 1.91. The standard InChI is InChI=1S/C11H14N4O/c1-8(10-4-3-5-12-6-10)13-7-11-14-9(2)16-15-11/h3-6,8,13H,7H2,1-2H3/t8-/m1/s1. The van der Waals surface area contributed by atoms with E-state index >= 15 is 0 Å². The summed E-state index contributed by atoms with van der Waals surface area (Å²) in [6.07, 6.45) is 3.61. The lowest BCUT2D eigenvalue weighted by molar-refractivity contribution is 0.384. The highest BCUT2D eigenvalue weighted by atomic mass is 16.5. The molecule has 5 nitrogen and oxygen atoms in total. The maximum absolute atomic E-state index is 4.89. The molecular weight excluding hydrogens is 204 g/mol. The second-order valence-corrected chi connectivity index (χ2v) is 3.62. The van der Waals surface area contributed by atoms with Crippen molar-refractivity contribution < 1.29 is 4.52 Å². The van der Waals surface area contributed by atoms with Crippen LogP contribution in [-0.4, -0.2) is 15.1 Å². The van der Waals surface area contributed by atoms with Gasteiger partial charge in [-0.15, -0.1) is 0 Å². The van der Waals surface area contributed by atoms with Crippen molar-refractivity contribution in [3.05, 3.63) is 41.8 Å². The van der Waals surface area contributed by atoms with Crippen LogP contribution in [0.4, 0.5) is 0 Å². The van der Waals surface area contributed by atoms with Crippen LogP contribution < -0.4 is 5.32 Å². The van der Waals surface area contributed by atoms with Crippen LogP contribution in [0.2, 0.25) is 0 Å². The number of aryl methyl sites for hydroxylation is 1. The summed E-state index contributed by atoms with van der Waals surface area (Å²) >= 11 is 0. The summed E-state index contributed by atoms with van der Waals surface area (Å²) in [7, 11) is 0. The smallest absolute Gasteiger partial charge is 0.223 e. The van der Waals surface area contributed by atoms with Gasteiger partial charge in [-0.05, 0) is 18.6 Å². The van der Waals surface area contributed by atoms with Crippen molar-refractivity contribution in [2.45, 2.75) is 26.4 Å². The van der Waals surface area contributed by atoms with E-state index in [0.717, 1.165) is 5.56 Å². The summed E-state index contributed by atoms with van der Waals surface area (Å²) in [6, 6.07) is 4.17. The lowest BCUT2D eigenvalue weighted by Crippen LogP contribution is -2.18. The normalized spacial score (nSPS) is 12.6. The van der Waals surface area contributed by atoms with E-state index in [1.807, 2.05) is 18.3 Å². The minimum atomic E-state index is 0.215. The van der Waals surface area contributed by atoms with Gasteiger partial charge >= 0.3 is 0 Å². The minimum Gasteiger partial charge on any atom is -0.340 e. The first-order chi connectivity index (χ1) is 7.75. The van der Waals surface area contributed by atoms with Gasteiger partial charge in [0.1, 0.15) is 0 Å². The van der Waals surface area contributed by atoms with Crippen LogP contribution in [0.1, 0.15) is 30.2 Å². The number of nitrogens with one attached hydrogen (secondary N) is 1. The lowest BCUT2D eigenvalue weighted by atomic mass is 10.1. The molecule has 1 atom stereocenters. The Kier molecular flexibility index (Phi) is 3.26. The Morgan fingerprint density at radius 3 is 3.00 bits per heavy atom. The highest BCUT2D eigenvalue weighted by Gasteiger charge is 2.07. The molecule has 0 bridgehead atoms. The van der Waals surface area contributed by atoms with Crippen LogP contribution in [0.3, 0.4) is 0 Å². The molecule has 2 rings (SSSR count). The fourth-order valence-electron chi connectivity index (χ4n) is 1.41. The predicted molar refractivity (Wildman–Crippen MR) is 58.5 cm³/mol. The van der Waals surface area contributed by atoms with E-state index in [4.69, 9.17) is 4.52 Å². The van der Waals surface area contributed by atoms with Crippen molar-refractivity contribution in [2.24, 2.45) is 0 Å². The molecule has 0 aliphatic heterocycles. The van der Waals surface area contributed by atoms with Crippen LogP contribution in [0.5, 0.6) is 0 Å². The van der Waals surface area contributed by atoms with Crippen molar-refractivity contribution in [1.29, 1.82) is 0 Å². The molecule has 0 radical (unpaired) electrons. The Morgan fingerprint density at radius 1 is 1.50 bits per heavy atom. The van der Waals surface area contributed by atoms with Crippen molar-refractivity contribution in [2.75, 3.05) is 0 Å². The molecule has 5 heteroatoms. The van der Waals surface area contributed by atoms with E-state index in [0.29, 0.717) is 18.3 Å². The summed E-state index contributed by atoms with van der Waals surface area (Å²) in [6.45, 7) is 4.44. The maximum atomic E-state index is 4.89. The number of aromatic nitrogens is 3. The van der Waals surface area contributed by atoms with Gasteiger partial charge in [-0.25, -0.2) is 0 Å². The third-order valence-electron chi connectivity index (χ3n) is 2.32. The van der Waals surface area contributed by atoms with E-state index in [9.17, 15) is 0 Å². The topological polar surface area (TPSA) is 63.8 Å². The molecule has 0 fully saturated rings. The molecule has 84 valence electrons. The highest BCUT2D eigenvalue weighted by Crippen LogP contribution is 2.10. The van der Waals surface area contributed by atoms with E-state index in [-0.39, 0.29) is 6.04 Å². The van der Waals surface area contributed by atoms with E-state index in [1.54, 1.807) is 13.1 Å². The van der Waals surface area contributed by atoms with Gasteiger partial charge < -0.3 is 9.84 Å². The molecule has 0 aliphatic rings. The van der Waals surface area contributed by atoms with Crippen LogP contribution >= 0.6 is 0 Å². The first kappa shape index (κ1) is 10.8. The van der Waals surface area contributed by atoms with Gasteiger partial charge in [0.2, 0.25) is 5.89 Å². The van der Waals surface area contributed by atoms with E-state index < -0.39 is 0 Å². The summed E-state index contributed by atoms with van der Waals surface area (Å²) in [4.78, 5) is 8.20. The fraction of sp³-hybridized carbons (Fsp3) is 0.364. The molecule has 0 unspecified atom stereocenters. The third-order valence-corrected chi connectivity index (χ3v) is 2.32. The molecule has 0 amide bonds. The molecule has 0 aliphatic carbocycles. The summed E-state index contributed by atoms with van der Waals surface area (Å²) in [5.41, 5.74) is 1.14. The van der Waals surface area contributed by atoms with Crippen molar-refractivity contribution in [3.8, 4) is 0 Å². The average molecular weight is 218 g/mol. The zero-order valence-corrected chi connectivity index (χ0v) is 9.34. The Morgan fingerprint density at radius 2 is 2.38 bits per heavy atom. The third kappa shape index (κ3) is 2.64. The molecule has 0 saturated heterocycles. The largest absolute Gasteiger partial charge is 0.340 e. The summed E-state index contributed by atoms with van der Waals surface area (Å²) in [5, 5.41) is 7.12. The quantitative estimate of drug-likeness (QED) is 0.844. The van der Waals surface area contributed by atoms with Gasteiger partial charge in [0, 0.05) is 25.4 Å². The van der Waals surface area contributed by atoms with Crippen molar-refractivity contribution in [1.82, 2.24) is 20.4 Å². The molecule has 16 heavy (non-hydrogen) atoms. The van der Waals surface area contributed by atoms with Crippen molar-refractivity contribution in [3.63, 3.8) is 0 Å². The molecule has 1 N–H and O–H groups in total. The predicted octanol–water partition coefficient (Wildman–Crippen LogP) is 1.62. The molecular formula is C11H14N4O. The fourth-order valence-corrected chi connectivity index (χ4v) is 1.41. The van der Waals surface area contributed by atoms with Crippen LogP contribution in [0.15, 0.2) is 29.0 Å². The second-order valence-electron chi connectivity index (χ2n) is 3.62. The van der Waals surface area contributed by atoms with Crippen molar-refractivity contribution >= 4 is 0 Å². The molecule has 2 heterocycles. The number of pyridine rings is 1. The lowest BCUT2D eigenvalue weighted by Gasteiger charge is -2.11. The zero-order valence-electron chi connectivity index (χ0n) is 9.34. The first-order valence-electron chi connectivity index (χ1n) is 5.18. The van der Waals surface area contributed by atoms with Crippen LogP contribution in [-0.2, 0) is 6.54 Å². The van der Waals surface area contributed by atoms with Gasteiger partial charge in [-0.2, -0.15) is 4.98 Å². The van der Waals surface area contributed by atoms with Gasteiger partial charge in [-0.1, -0.05) is 11.2 Å². The monoisotopic (exact) mass is 218 g/mol. The number of rotatable bonds is 4. The minimum absolute atomic E-state index is 0.215. The Hall–Kier alpha value is -1.75. The molecule has 2 aromatic heterocycles. The summed E-state index contributed by atoms with van der Waals surface area (Å²) in [5.74, 6) is 1.26. The maximum Gasteiger partial charge on any atom is 0.223 e. The molecule has 0 saturated carbocycles. The second kappa shape index (κ2) is 4.85. The van der Waals surface area contributed by atoms with Crippen LogP contribution in [0, 0.1) is 6.92 Å². The average Bonchev–Trinajstić information content (AvgIpc) is 2.73. The van der Waals surface area contributed by atoms with Gasteiger partial charge in [-0.3, -0.25) is 4.98 Å². The van der Waals surface area contributed by atoms with E-state index in [1.165, 1.54) is 0 Å². The van der Waals surface area contributed by atoms with E-state index in [2.05, 4.69) is 27.4 Å². The number of hydrogen-bond acceptors (Lipinski definition) is 5. The molecule has 0 spiro atoms. The summed E-state index contributed by atoms with van der Waals surface area (Å²) < 4.78 is 4.89. The first-order valence-corrected chi connectivity index (χ1v) is 5.18. The van der Waals surface area contributed by atoms with Crippen LogP contribution in [0.25, 0.3) is 0 Å². The van der Waals surface area contributed by atoms with Gasteiger partial charge in [0.05, 0.1) is 6.54 Å². The SMILES string of the molecule is Cc1nc(CN[C@H](C)c2cccnc2)no1. The Bertz CT molecular complexity index is 440. The number of hydrogen-bond donors (Lipinski definition) is 1.